The van der Waals surface area contributed by atoms with Gasteiger partial charge in [-0.3, -0.25) is 0 Å². The highest BCUT2D eigenvalue weighted by Crippen LogP contribution is 2.32. The summed E-state index contributed by atoms with van der Waals surface area (Å²) in [5, 5.41) is 5.74. The van der Waals surface area contributed by atoms with Gasteiger partial charge in [0.25, 0.3) is 0 Å². The first-order chi connectivity index (χ1) is 10.2. The second-order valence-electron chi connectivity index (χ2n) is 5.37. The second kappa shape index (κ2) is 8.91. The summed E-state index contributed by atoms with van der Waals surface area (Å²) in [6.45, 7) is 6.94. The Hall–Kier alpha value is -0.390. The molecule has 2 nitrogen and oxygen atoms in total. The molecule has 0 fully saturated rings. The molecule has 5 heteroatoms. The van der Waals surface area contributed by atoms with E-state index >= 15 is 0 Å². The van der Waals surface area contributed by atoms with Gasteiger partial charge in [0.1, 0.15) is 0 Å². The summed E-state index contributed by atoms with van der Waals surface area (Å²) in [5.74, 6) is 0.602. The quantitative estimate of drug-likeness (QED) is 0.631. The van der Waals surface area contributed by atoms with Crippen LogP contribution in [-0.2, 0) is 4.74 Å². The molecule has 1 atom stereocenters. The van der Waals surface area contributed by atoms with E-state index in [1.165, 1.54) is 9.75 Å². The third-order valence-corrected chi connectivity index (χ3v) is 5.20. The topological polar surface area (TPSA) is 21.3 Å². The molecule has 0 aliphatic carbocycles. The van der Waals surface area contributed by atoms with Crippen molar-refractivity contribution in [3.8, 4) is 0 Å². The SMILES string of the molecule is CC(C)COCCCNC(c1cccs1)c1ccc(Cl)s1. The van der Waals surface area contributed by atoms with Gasteiger partial charge >= 0.3 is 0 Å². The number of ether oxygens (including phenoxy) is 1. The average molecular weight is 344 g/mol. The lowest BCUT2D eigenvalue weighted by Gasteiger charge is -2.16. The van der Waals surface area contributed by atoms with E-state index in [-0.39, 0.29) is 6.04 Å². The molecular weight excluding hydrogens is 322 g/mol. The number of hydrogen-bond acceptors (Lipinski definition) is 4. The molecule has 2 aromatic rings. The molecular formula is C16H22ClNOS2. The number of nitrogens with one attached hydrogen (secondary N) is 1. The Morgan fingerprint density at radius 3 is 2.71 bits per heavy atom. The molecule has 2 heterocycles. The maximum absolute atomic E-state index is 6.07. The summed E-state index contributed by atoms with van der Waals surface area (Å²) in [4.78, 5) is 2.60. The number of halogens is 1. The van der Waals surface area contributed by atoms with Crippen molar-refractivity contribution in [2.45, 2.75) is 26.3 Å². The first-order valence-corrected chi connectivity index (χ1v) is 9.34. The zero-order valence-corrected chi connectivity index (χ0v) is 14.9. The van der Waals surface area contributed by atoms with E-state index in [0.717, 1.165) is 30.5 Å². The maximum atomic E-state index is 6.07. The van der Waals surface area contributed by atoms with E-state index < -0.39 is 0 Å². The highest BCUT2D eigenvalue weighted by atomic mass is 35.5. The van der Waals surface area contributed by atoms with Crippen LogP contribution in [0.25, 0.3) is 0 Å². The van der Waals surface area contributed by atoms with Crippen LogP contribution in [0.1, 0.15) is 36.1 Å². The van der Waals surface area contributed by atoms with E-state index in [4.69, 9.17) is 16.3 Å². The fourth-order valence-electron chi connectivity index (χ4n) is 2.02. The molecule has 0 aliphatic heterocycles. The molecule has 2 rings (SSSR count). The minimum atomic E-state index is 0.243. The van der Waals surface area contributed by atoms with E-state index in [0.29, 0.717) is 5.92 Å². The standard InChI is InChI=1S/C16H22ClNOS2/c1-12(2)11-19-9-4-8-18-16(13-5-3-10-20-13)14-6-7-15(17)21-14/h3,5-7,10,12,16,18H,4,8-9,11H2,1-2H3. The molecule has 0 aliphatic rings. The third kappa shape index (κ3) is 5.72. The van der Waals surface area contributed by atoms with Crippen LogP contribution in [0.4, 0.5) is 0 Å². The third-order valence-electron chi connectivity index (χ3n) is 2.97. The van der Waals surface area contributed by atoms with Crippen LogP contribution in [-0.4, -0.2) is 19.8 Å². The number of thiophene rings is 2. The second-order valence-corrected chi connectivity index (χ2v) is 8.09. The predicted molar refractivity (Wildman–Crippen MR) is 93.8 cm³/mol. The zero-order chi connectivity index (χ0) is 15.1. The molecule has 0 aromatic carbocycles. The maximum Gasteiger partial charge on any atom is 0.0931 e. The fraction of sp³-hybridized carbons (Fsp3) is 0.500. The molecule has 0 saturated carbocycles. The van der Waals surface area contributed by atoms with Gasteiger partial charge in [-0.05, 0) is 42.5 Å². The normalized spacial score (nSPS) is 13.0. The smallest absolute Gasteiger partial charge is 0.0931 e. The van der Waals surface area contributed by atoms with Crippen LogP contribution in [0.3, 0.4) is 0 Å². The lowest BCUT2D eigenvalue weighted by molar-refractivity contribution is 0.107. The summed E-state index contributed by atoms with van der Waals surface area (Å²) >= 11 is 9.49. The van der Waals surface area contributed by atoms with Crippen molar-refractivity contribution in [3.05, 3.63) is 43.7 Å². The van der Waals surface area contributed by atoms with Gasteiger partial charge in [0.2, 0.25) is 0 Å². The average Bonchev–Trinajstić information content (AvgIpc) is 3.09. The largest absolute Gasteiger partial charge is 0.381 e. The Morgan fingerprint density at radius 1 is 1.24 bits per heavy atom. The van der Waals surface area contributed by atoms with Gasteiger partial charge in [0, 0.05) is 23.0 Å². The molecule has 0 radical (unpaired) electrons. The number of hydrogen-bond donors (Lipinski definition) is 1. The van der Waals surface area contributed by atoms with Crippen LogP contribution in [0.2, 0.25) is 4.34 Å². The van der Waals surface area contributed by atoms with E-state index in [1.807, 2.05) is 6.07 Å². The van der Waals surface area contributed by atoms with Crippen molar-refractivity contribution in [2.24, 2.45) is 5.92 Å². The Balaban J connectivity index is 1.83. The molecule has 1 unspecified atom stereocenters. The summed E-state index contributed by atoms with van der Waals surface area (Å²) in [5.41, 5.74) is 0. The zero-order valence-electron chi connectivity index (χ0n) is 12.5. The van der Waals surface area contributed by atoms with Crippen LogP contribution < -0.4 is 5.32 Å². The van der Waals surface area contributed by atoms with E-state index in [2.05, 4.69) is 42.7 Å². The molecule has 0 amide bonds. The van der Waals surface area contributed by atoms with Gasteiger partial charge < -0.3 is 10.1 Å². The molecule has 0 bridgehead atoms. The van der Waals surface area contributed by atoms with Gasteiger partial charge in [-0.2, -0.15) is 0 Å². The van der Waals surface area contributed by atoms with Gasteiger partial charge in [-0.25, -0.2) is 0 Å². The minimum Gasteiger partial charge on any atom is -0.381 e. The van der Waals surface area contributed by atoms with Crippen molar-refractivity contribution in [2.75, 3.05) is 19.8 Å². The van der Waals surface area contributed by atoms with Crippen molar-refractivity contribution >= 4 is 34.3 Å². The Labute approximate surface area is 140 Å². The van der Waals surface area contributed by atoms with E-state index in [9.17, 15) is 0 Å². The number of rotatable bonds is 9. The van der Waals surface area contributed by atoms with Crippen molar-refractivity contribution in [3.63, 3.8) is 0 Å². The molecule has 2 aromatic heterocycles. The van der Waals surface area contributed by atoms with Gasteiger partial charge in [0.15, 0.2) is 0 Å². The highest BCUT2D eigenvalue weighted by Gasteiger charge is 2.16. The Morgan fingerprint density at radius 2 is 2.10 bits per heavy atom. The fourth-order valence-corrected chi connectivity index (χ4v) is 4.07. The summed E-state index contributed by atoms with van der Waals surface area (Å²) in [6, 6.07) is 8.59. The minimum absolute atomic E-state index is 0.243. The molecule has 116 valence electrons. The first-order valence-electron chi connectivity index (χ1n) is 7.26. The monoisotopic (exact) mass is 343 g/mol. The lowest BCUT2D eigenvalue weighted by Crippen LogP contribution is -2.23. The lowest BCUT2D eigenvalue weighted by atomic mass is 10.2. The Bertz CT molecular complexity index is 510. The molecule has 0 spiro atoms. The van der Waals surface area contributed by atoms with Crippen LogP contribution in [0.5, 0.6) is 0 Å². The predicted octanol–water partition coefficient (Wildman–Crippen LogP) is 5.20. The molecule has 1 N–H and O–H groups in total. The van der Waals surface area contributed by atoms with Crippen LogP contribution in [0, 0.1) is 5.92 Å². The van der Waals surface area contributed by atoms with Gasteiger partial charge in [-0.1, -0.05) is 31.5 Å². The Kier molecular flexibility index (Phi) is 7.20. The van der Waals surface area contributed by atoms with Crippen LogP contribution >= 0.6 is 34.3 Å². The van der Waals surface area contributed by atoms with Gasteiger partial charge in [0.05, 0.1) is 10.4 Å². The molecule has 21 heavy (non-hydrogen) atoms. The first kappa shape index (κ1) is 17.0. The van der Waals surface area contributed by atoms with Crippen molar-refractivity contribution in [1.82, 2.24) is 5.32 Å². The van der Waals surface area contributed by atoms with Crippen molar-refractivity contribution < 1.29 is 4.74 Å². The van der Waals surface area contributed by atoms with Crippen molar-refractivity contribution in [1.29, 1.82) is 0 Å². The summed E-state index contributed by atoms with van der Waals surface area (Å²) in [6.07, 6.45) is 1.02. The van der Waals surface area contributed by atoms with E-state index in [1.54, 1.807) is 22.7 Å². The summed E-state index contributed by atoms with van der Waals surface area (Å²) in [7, 11) is 0. The molecule has 0 saturated heterocycles. The summed E-state index contributed by atoms with van der Waals surface area (Å²) < 4.78 is 6.46. The van der Waals surface area contributed by atoms with Crippen LogP contribution in [0.15, 0.2) is 29.6 Å². The highest BCUT2D eigenvalue weighted by molar-refractivity contribution is 7.16. The van der Waals surface area contributed by atoms with Gasteiger partial charge in [-0.15, -0.1) is 22.7 Å².